The predicted octanol–water partition coefficient (Wildman–Crippen LogP) is 2.24. The summed E-state index contributed by atoms with van der Waals surface area (Å²) in [6.07, 6.45) is 2.42. The van der Waals surface area contributed by atoms with Crippen molar-refractivity contribution < 1.29 is 4.74 Å². The van der Waals surface area contributed by atoms with Crippen LogP contribution in [0.4, 0.5) is 5.82 Å². The van der Waals surface area contributed by atoms with Crippen molar-refractivity contribution in [3.05, 3.63) is 17.0 Å². The fourth-order valence-electron chi connectivity index (χ4n) is 1.23. The van der Waals surface area contributed by atoms with Gasteiger partial charge in [-0.1, -0.05) is 11.6 Å². The molecule has 1 N–H and O–H groups in total. The summed E-state index contributed by atoms with van der Waals surface area (Å²) in [4.78, 5) is 8.41. The monoisotopic (exact) mass is 227 g/mol. The average Bonchev–Trinajstić information content (AvgIpc) is 2.98. The molecule has 0 aromatic carbocycles. The van der Waals surface area contributed by atoms with E-state index in [1.165, 1.54) is 12.8 Å². The summed E-state index contributed by atoms with van der Waals surface area (Å²) in [6.45, 7) is 3.01. The molecule has 1 heterocycles. The van der Waals surface area contributed by atoms with E-state index >= 15 is 0 Å². The predicted molar refractivity (Wildman–Crippen MR) is 59.0 cm³/mol. The second kappa shape index (κ2) is 4.77. The van der Waals surface area contributed by atoms with Crippen LogP contribution in [0.25, 0.3) is 0 Å². The fraction of sp³-hybridized carbons (Fsp3) is 0.600. The minimum atomic E-state index is 0.413. The zero-order valence-electron chi connectivity index (χ0n) is 8.66. The molecular weight excluding hydrogens is 214 g/mol. The minimum Gasteiger partial charge on any atom is -0.374 e. The van der Waals surface area contributed by atoms with Crippen LogP contribution < -0.4 is 5.32 Å². The number of nitrogens with zero attached hydrogens (tertiary/aromatic N) is 2. The maximum Gasteiger partial charge on any atom is 0.158 e. The minimum absolute atomic E-state index is 0.413. The molecule has 1 aliphatic rings. The maximum absolute atomic E-state index is 5.89. The largest absolute Gasteiger partial charge is 0.374 e. The molecule has 4 nitrogen and oxygen atoms in total. The van der Waals surface area contributed by atoms with Gasteiger partial charge in [-0.2, -0.15) is 0 Å². The van der Waals surface area contributed by atoms with E-state index in [0.29, 0.717) is 30.2 Å². The van der Waals surface area contributed by atoms with Gasteiger partial charge in [-0.15, -0.1) is 0 Å². The fourth-order valence-corrected chi connectivity index (χ4v) is 1.43. The Morgan fingerprint density at radius 2 is 2.33 bits per heavy atom. The SMILES string of the molecule is CCOCc1nc(Cl)cc(NC2CC2)n1. The summed E-state index contributed by atoms with van der Waals surface area (Å²) in [5.41, 5.74) is 0. The summed E-state index contributed by atoms with van der Waals surface area (Å²) >= 11 is 5.89. The van der Waals surface area contributed by atoms with Crippen LogP contribution >= 0.6 is 11.6 Å². The molecule has 0 amide bonds. The van der Waals surface area contributed by atoms with Crippen molar-refractivity contribution in [2.75, 3.05) is 11.9 Å². The number of halogens is 1. The van der Waals surface area contributed by atoms with Crippen LogP contribution in [0.15, 0.2) is 6.07 Å². The number of nitrogens with one attached hydrogen (secondary N) is 1. The second-order valence-corrected chi connectivity index (χ2v) is 3.94. The lowest BCUT2D eigenvalue weighted by molar-refractivity contribution is 0.128. The summed E-state index contributed by atoms with van der Waals surface area (Å²) < 4.78 is 5.24. The molecule has 1 aliphatic carbocycles. The lowest BCUT2D eigenvalue weighted by Crippen LogP contribution is -2.07. The third kappa shape index (κ3) is 3.32. The quantitative estimate of drug-likeness (QED) is 0.784. The highest BCUT2D eigenvalue weighted by Crippen LogP contribution is 2.24. The van der Waals surface area contributed by atoms with Crippen molar-refractivity contribution in [1.29, 1.82) is 0 Å². The van der Waals surface area contributed by atoms with Gasteiger partial charge >= 0.3 is 0 Å². The summed E-state index contributed by atoms with van der Waals surface area (Å²) in [5, 5.41) is 3.74. The molecule has 1 fully saturated rings. The molecule has 0 atom stereocenters. The standard InChI is InChI=1S/C10H14ClN3O/c1-2-15-6-10-13-8(11)5-9(14-10)12-7-3-4-7/h5,7H,2-4,6H2,1H3,(H,12,13,14). The van der Waals surface area contributed by atoms with Crippen LogP contribution in [0.2, 0.25) is 5.15 Å². The maximum atomic E-state index is 5.89. The molecule has 5 heteroatoms. The van der Waals surface area contributed by atoms with Gasteiger partial charge in [-0.3, -0.25) is 0 Å². The molecule has 1 saturated carbocycles. The third-order valence-electron chi connectivity index (χ3n) is 2.11. The Morgan fingerprint density at radius 1 is 1.53 bits per heavy atom. The summed E-state index contributed by atoms with van der Waals surface area (Å²) in [5.74, 6) is 1.43. The number of anilines is 1. The lowest BCUT2D eigenvalue weighted by atomic mass is 10.5. The van der Waals surface area contributed by atoms with Gasteiger partial charge < -0.3 is 10.1 Å². The molecule has 82 valence electrons. The Hall–Kier alpha value is -0.870. The van der Waals surface area contributed by atoms with Crippen molar-refractivity contribution in [2.45, 2.75) is 32.4 Å². The van der Waals surface area contributed by atoms with Crippen LogP contribution in [0, 0.1) is 0 Å². The molecule has 1 aromatic rings. The van der Waals surface area contributed by atoms with Gasteiger partial charge in [-0.05, 0) is 19.8 Å². The Kier molecular flexibility index (Phi) is 3.38. The van der Waals surface area contributed by atoms with Gasteiger partial charge in [0, 0.05) is 18.7 Å². The van der Waals surface area contributed by atoms with Crippen molar-refractivity contribution in [3.8, 4) is 0 Å². The molecule has 0 spiro atoms. The van der Waals surface area contributed by atoms with E-state index in [4.69, 9.17) is 16.3 Å². The highest BCUT2D eigenvalue weighted by molar-refractivity contribution is 6.29. The molecule has 0 unspecified atom stereocenters. The Morgan fingerprint density at radius 3 is 3.00 bits per heavy atom. The third-order valence-corrected chi connectivity index (χ3v) is 2.30. The highest BCUT2D eigenvalue weighted by atomic mass is 35.5. The van der Waals surface area contributed by atoms with E-state index in [1.54, 1.807) is 6.07 Å². The molecule has 15 heavy (non-hydrogen) atoms. The number of hydrogen-bond donors (Lipinski definition) is 1. The average molecular weight is 228 g/mol. The van der Waals surface area contributed by atoms with Gasteiger partial charge in [0.2, 0.25) is 0 Å². The van der Waals surface area contributed by atoms with Crippen molar-refractivity contribution in [2.24, 2.45) is 0 Å². The van der Waals surface area contributed by atoms with Crippen LogP contribution in [-0.2, 0) is 11.3 Å². The van der Waals surface area contributed by atoms with Gasteiger partial charge in [0.1, 0.15) is 17.6 Å². The van der Waals surface area contributed by atoms with Crippen LogP contribution in [0.3, 0.4) is 0 Å². The van der Waals surface area contributed by atoms with Gasteiger partial charge in [0.25, 0.3) is 0 Å². The van der Waals surface area contributed by atoms with Crippen LogP contribution in [-0.4, -0.2) is 22.6 Å². The zero-order chi connectivity index (χ0) is 10.7. The van der Waals surface area contributed by atoms with E-state index in [1.807, 2.05) is 6.92 Å². The molecule has 0 bridgehead atoms. The number of rotatable bonds is 5. The van der Waals surface area contributed by atoms with E-state index in [0.717, 1.165) is 5.82 Å². The van der Waals surface area contributed by atoms with E-state index in [-0.39, 0.29) is 0 Å². The molecule has 2 rings (SSSR count). The Labute approximate surface area is 94.0 Å². The smallest absolute Gasteiger partial charge is 0.158 e. The van der Waals surface area contributed by atoms with Crippen molar-refractivity contribution >= 4 is 17.4 Å². The lowest BCUT2D eigenvalue weighted by Gasteiger charge is -2.06. The molecule has 0 aliphatic heterocycles. The van der Waals surface area contributed by atoms with Crippen molar-refractivity contribution in [3.63, 3.8) is 0 Å². The van der Waals surface area contributed by atoms with Gasteiger partial charge in [-0.25, -0.2) is 9.97 Å². The first-order valence-corrected chi connectivity index (χ1v) is 5.53. The first kappa shape index (κ1) is 10.6. The van der Waals surface area contributed by atoms with Gasteiger partial charge in [0.05, 0.1) is 0 Å². The topological polar surface area (TPSA) is 47.0 Å². The summed E-state index contributed by atoms with van der Waals surface area (Å²) in [6, 6.07) is 2.31. The normalized spacial score (nSPS) is 15.3. The van der Waals surface area contributed by atoms with Gasteiger partial charge in [0.15, 0.2) is 5.82 Å². The van der Waals surface area contributed by atoms with Crippen LogP contribution in [0.1, 0.15) is 25.6 Å². The second-order valence-electron chi connectivity index (χ2n) is 3.55. The first-order chi connectivity index (χ1) is 7.28. The van der Waals surface area contributed by atoms with E-state index in [2.05, 4.69) is 15.3 Å². The molecule has 0 saturated heterocycles. The van der Waals surface area contributed by atoms with Crippen LogP contribution in [0.5, 0.6) is 0 Å². The first-order valence-electron chi connectivity index (χ1n) is 5.15. The summed E-state index contributed by atoms with van der Waals surface area (Å²) in [7, 11) is 0. The Bertz CT molecular complexity index is 341. The highest BCUT2D eigenvalue weighted by Gasteiger charge is 2.21. The zero-order valence-corrected chi connectivity index (χ0v) is 9.42. The number of hydrogen-bond acceptors (Lipinski definition) is 4. The molecule has 1 aromatic heterocycles. The van der Waals surface area contributed by atoms with E-state index < -0.39 is 0 Å². The number of aromatic nitrogens is 2. The van der Waals surface area contributed by atoms with E-state index in [9.17, 15) is 0 Å². The molecule has 0 radical (unpaired) electrons. The van der Waals surface area contributed by atoms with Crippen molar-refractivity contribution in [1.82, 2.24) is 9.97 Å². The number of ether oxygens (including phenoxy) is 1. The molecular formula is C10H14ClN3O. The Balaban J connectivity index is 2.05.